The monoisotopic (exact) mass is 471 g/mol. The van der Waals surface area contributed by atoms with Gasteiger partial charge in [0, 0.05) is 17.8 Å². The molecule has 1 aliphatic rings. The van der Waals surface area contributed by atoms with Crippen molar-refractivity contribution in [2.45, 2.75) is 45.3 Å². The highest BCUT2D eigenvalue weighted by molar-refractivity contribution is 6.02. The number of nitrogens with zero attached hydrogens (tertiary/aromatic N) is 3. The van der Waals surface area contributed by atoms with Gasteiger partial charge in [-0.25, -0.2) is 14.8 Å². The molecule has 4 N–H and O–H groups in total. The fourth-order valence-corrected chi connectivity index (χ4v) is 5.19. The predicted molar refractivity (Wildman–Crippen MR) is 135 cm³/mol. The Bertz CT molecular complexity index is 1360. The molecule has 0 fully saturated rings. The molecule has 2 aromatic carbocycles. The molecule has 0 aliphatic carbocycles. The van der Waals surface area contributed by atoms with Crippen LogP contribution in [-0.4, -0.2) is 26.2 Å². The van der Waals surface area contributed by atoms with Crippen molar-refractivity contribution < 1.29 is 14.3 Å². The van der Waals surface area contributed by atoms with Crippen LogP contribution in [0, 0.1) is 5.92 Å². The number of nitrogen functional groups attached to an aromatic ring is 1. The number of benzene rings is 2. The van der Waals surface area contributed by atoms with E-state index in [0.717, 1.165) is 53.0 Å². The maximum Gasteiger partial charge on any atom is 0.405 e. The van der Waals surface area contributed by atoms with Gasteiger partial charge in [-0.05, 0) is 68.9 Å². The van der Waals surface area contributed by atoms with Crippen molar-refractivity contribution in [3.05, 3.63) is 66.6 Å². The molecule has 1 amide bonds. The van der Waals surface area contributed by atoms with E-state index >= 15 is 0 Å². The average molecular weight is 472 g/mol. The van der Waals surface area contributed by atoms with Gasteiger partial charge in [-0.15, -0.1) is 0 Å². The van der Waals surface area contributed by atoms with Gasteiger partial charge in [-0.1, -0.05) is 30.3 Å². The van der Waals surface area contributed by atoms with Crippen LogP contribution in [0.15, 0.2) is 60.9 Å². The van der Waals surface area contributed by atoms with E-state index in [9.17, 15) is 4.79 Å². The average Bonchev–Trinajstić information content (AvgIpc) is 3.14. The summed E-state index contributed by atoms with van der Waals surface area (Å²) in [6.45, 7) is 4.54. The molecule has 4 aromatic rings. The molecule has 35 heavy (non-hydrogen) atoms. The number of aromatic nitrogens is 3. The maximum absolute atomic E-state index is 11.3. The molecule has 1 aliphatic heterocycles. The number of fused-ring (bicyclic) bond motifs is 3. The van der Waals surface area contributed by atoms with Gasteiger partial charge < -0.3 is 25.5 Å². The van der Waals surface area contributed by atoms with E-state index in [-0.39, 0.29) is 0 Å². The topological polar surface area (TPSA) is 118 Å². The molecule has 0 saturated carbocycles. The highest BCUT2D eigenvalue weighted by Gasteiger charge is 2.32. The lowest BCUT2D eigenvalue weighted by molar-refractivity contribution is 0.0221. The first-order chi connectivity index (χ1) is 16.8. The number of para-hydroxylation sites is 1. The third-order valence-corrected chi connectivity index (χ3v) is 6.49. The van der Waals surface area contributed by atoms with Crippen molar-refractivity contribution in [1.29, 1.82) is 0 Å². The van der Waals surface area contributed by atoms with E-state index in [2.05, 4.69) is 26.7 Å². The lowest BCUT2D eigenvalue weighted by Crippen LogP contribution is -2.35. The van der Waals surface area contributed by atoms with Crippen molar-refractivity contribution in [2.24, 2.45) is 11.7 Å². The van der Waals surface area contributed by atoms with Crippen LogP contribution in [0.1, 0.15) is 32.4 Å². The lowest BCUT2D eigenvalue weighted by atomic mass is 9.86. The Labute approximate surface area is 203 Å². The summed E-state index contributed by atoms with van der Waals surface area (Å²) >= 11 is 0. The third-order valence-electron chi connectivity index (χ3n) is 6.49. The Morgan fingerprint density at radius 2 is 1.80 bits per heavy atom. The maximum atomic E-state index is 11.3. The smallest absolute Gasteiger partial charge is 0.405 e. The number of hydrogen-bond acceptors (Lipinski definition) is 6. The molecule has 0 saturated heterocycles. The van der Waals surface area contributed by atoms with Crippen LogP contribution in [0.3, 0.4) is 0 Å². The Hall–Kier alpha value is -4.07. The molecular formula is C27H29N5O3. The van der Waals surface area contributed by atoms with E-state index in [4.69, 9.17) is 20.9 Å². The Morgan fingerprint density at radius 3 is 2.51 bits per heavy atom. The highest BCUT2D eigenvalue weighted by Crippen LogP contribution is 2.42. The molecule has 1 atom stereocenters. The van der Waals surface area contributed by atoms with Crippen LogP contribution < -0.4 is 16.2 Å². The van der Waals surface area contributed by atoms with Crippen LogP contribution in [0.4, 0.5) is 10.6 Å². The molecule has 5 rings (SSSR count). The van der Waals surface area contributed by atoms with Gasteiger partial charge in [0.2, 0.25) is 0 Å². The van der Waals surface area contributed by atoms with Crippen LogP contribution in [-0.2, 0) is 17.7 Å². The lowest BCUT2D eigenvalue weighted by Gasteiger charge is -2.32. The van der Waals surface area contributed by atoms with Gasteiger partial charge in [0.25, 0.3) is 0 Å². The Kier molecular flexibility index (Phi) is 5.80. The standard InChI is InChI=1S/C27H29N5O3/c1-27(2,35-26(29)33)14-17-8-13-21-22(23-24(28)30-16-31-25(23)32(21)15-17)18-9-11-20(12-10-18)34-19-6-4-3-5-7-19/h3-7,9-12,16-17H,8,13-15H2,1-2H3,(H2,29,33)(H2,28,30,31)/t17-/m1/s1. The third kappa shape index (κ3) is 4.64. The summed E-state index contributed by atoms with van der Waals surface area (Å²) in [4.78, 5) is 20.2. The van der Waals surface area contributed by atoms with E-state index in [1.54, 1.807) is 0 Å². The molecule has 180 valence electrons. The van der Waals surface area contributed by atoms with Crippen molar-refractivity contribution >= 4 is 22.9 Å². The molecule has 0 unspecified atom stereocenters. The molecule has 8 heteroatoms. The summed E-state index contributed by atoms with van der Waals surface area (Å²) in [6, 6.07) is 17.7. The van der Waals surface area contributed by atoms with Gasteiger partial charge >= 0.3 is 6.09 Å². The van der Waals surface area contributed by atoms with Crippen LogP contribution >= 0.6 is 0 Å². The van der Waals surface area contributed by atoms with Crippen molar-refractivity contribution in [1.82, 2.24) is 14.5 Å². The second-order valence-electron chi connectivity index (χ2n) is 9.62. The molecule has 0 spiro atoms. The van der Waals surface area contributed by atoms with Gasteiger partial charge in [-0.2, -0.15) is 0 Å². The summed E-state index contributed by atoms with van der Waals surface area (Å²) < 4.78 is 13.5. The van der Waals surface area contributed by atoms with Gasteiger partial charge in [0.05, 0.1) is 5.39 Å². The second kappa shape index (κ2) is 8.94. The number of primary amides is 1. The number of hydrogen-bond donors (Lipinski definition) is 2. The number of amides is 1. The zero-order valence-electron chi connectivity index (χ0n) is 19.9. The van der Waals surface area contributed by atoms with E-state index in [0.29, 0.717) is 18.2 Å². The highest BCUT2D eigenvalue weighted by atomic mass is 16.6. The number of nitrogens with two attached hydrogens (primary N) is 2. The number of anilines is 1. The molecular weight excluding hydrogens is 442 g/mol. The number of carbonyl (C=O) groups is 1. The normalized spacial score (nSPS) is 15.5. The number of ether oxygens (including phenoxy) is 2. The minimum atomic E-state index is -0.750. The summed E-state index contributed by atoms with van der Waals surface area (Å²) in [5, 5.41) is 0.868. The zero-order valence-corrected chi connectivity index (χ0v) is 19.9. The number of rotatable bonds is 6. The van der Waals surface area contributed by atoms with Crippen LogP contribution in [0.25, 0.3) is 22.2 Å². The summed E-state index contributed by atoms with van der Waals surface area (Å²) in [5.41, 5.74) is 15.1. The fourth-order valence-electron chi connectivity index (χ4n) is 5.19. The zero-order chi connectivity index (χ0) is 24.6. The van der Waals surface area contributed by atoms with Gasteiger partial charge in [0.1, 0.15) is 34.9 Å². The second-order valence-corrected chi connectivity index (χ2v) is 9.62. The minimum absolute atomic E-state index is 0.304. The largest absolute Gasteiger partial charge is 0.457 e. The first kappa shape index (κ1) is 22.7. The van der Waals surface area contributed by atoms with E-state index in [1.165, 1.54) is 12.0 Å². The molecule has 8 nitrogen and oxygen atoms in total. The Balaban J connectivity index is 1.48. The molecule has 2 aromatic heterocycles. The van der Waals surface area contributed by atoms with Crippen molar-refractivity contribution in [2.75, 3.05) is 5.73 Å². The van der Waals surface area contributed by atoms with Crippen LogP contribution in [0.5, 0.6) is 11.5 Å². The molecule has 0 bridgehead atoms. The Morgan fingerprint density at radius 1 is 1.09 bits per heavy atom. The van der Waals surface area contributed by atoms with Crippen LogP contribution in [0.2, 0.25) is 0 Å². The predicted octanol–water partition coefficient (Wildman–Crippen LogP) is 5.30. The fraction of sp³-hybridized carbons (Fsp3) is 0.296. The first-order valence-corrected chi connectivity index (χ1v) is 11.7. The number of carbonyl (C=O) groups excluding carboxylic acids is 1. The summed E-state index contributed by atoms with van der Waals surface area (Å²) in [6.07, 6.45) is 3.27. The SMILES string of the molecule is CC(C)(C[C@H]1CCc2c(-c3ccc(Oc4ccccc4)cc3)c3c(N)ncnc3n2C1)OC(N)=O. The van der Waals surface area contributed by atoms with E-state index in [1.807, 2.05) is 56.3 Å². The van der Waals surface area contributed by atoms with E-state index < -0.39 is 11.7 Å². The minimum Gasteiger partial charge on any atom is -0.457 e. The molecule has 0 radical (unpaired) electrons. The van der Waals surface area contributed by atoms with Crippen molar-refractivity contribution in [3.63, 3.8) is 0 Å². The van der Waals surface area contributed by atoms with Gasteiger partial charge in [0.15, 0.2) is 0 Å². The van der Waals surface area contributed by atoms with Crippen molar-refractivity contribution in [3.8, 4) is 22.6 Å². The first-order valence-electron chi connectivity index (χ1n) is 11.7. The quantitative estimate of drug-likeness (QED) is 0.394. The summed E-state index contributed by atoms with van der Waals surface area (Å²) in [7, 11) is 0. The van der Waals surface area contributed by atoms with Gasteiger partial charge in [-0.3, -0.25) is 0 Å². The summed E-state index contributed by atoms with van der Waals surface area (Å²) in [5.74, 6) is 2.32. The molecule has 3 heterocycles.